The first-order valence-corrected chi connectivity index (χ1v) is 10.5. The Morgan fingerprint density at radius 3 is 2.86 bits per heavy atom. The molecular formula is C20H25N7OS. The van der Waals surface area contributed by atoms with Crippen molar-refractivity contribution in [2.75, 3.05) is 44.2 Å². The van der Waals surface area contributed by atoms with Crippen LogP contribution in [-0.2, 0) is 18.4 Å². The van der Waals surface area contributed by atoms with E-state index in [2.05, 4.69) is 37.5 Å². The zero-order chi connectivity index (χ0) is 20.2. The number of hydrogen-bond donors (Lipinski definition) is 0. The summed E-state index contributed by atoms with van der Waals surface area (Å²) in [6.45, 7) is 8.71. The molecule has 9 heteroatoms. The highest BCUT2D eigenvalue weighted by atomic mass is 32.1. The van der Waals surface area contributed by atoms with Gasteiger partial charge < -0.3 is 9.80 Å². The number of carbonyl (C=O) groups excluding carboxylic acids is 1. The fourth-order valence-electron chi connectivity index (χ4n) is 3.61. The topological polar surface area (TPSA) is 70.4 Å². The van der Waals surface area contributed by atoms with Gasteiger partial charge in [0.25, 0.3) is 0 Å². The van der Waals surface area contributed by atoms with Gasteiger partial charge >= 0.3 is 0 Å². The van der Waals surface area contributed by atoms with Crippen LogP contribution < -0.4 is 4.90 Å². The number of aryl methyl sites for hydroxylation is 1. The molecule has 1 aliphatic heterocycles. The molecule has 29 heavy (non-hydrogen) atoms. The summed E-state index contributed by atoms with van der Waals surface area (Å²) in [7, 11) is 1.88. The zero-order valence-corrected chi connectivity index (χ0v) is 17.4. The van der Waals surface area contributed by atoms with Gasteiger partial charge in [0.2, 0.25) is 5.91 Å². The minimum absolute atomic E-state index is 0.142. The van der Waals surface area contributed by atoms with E-state index in [0.29, 0.717) is 19.6 Å². The van der Waals surface area contributed by atoms with Gasteiger partial charge in [0.05, 0.1) is 24.7 Å². The Balaban J connectivity index is 1.36. The number of nitrogens with zero attached hydrogens (tertiary/aromatic N) is 7. The first-order chi connectivity index (χ1) is 14.2. The normalized spacial score (nSPS) is 15.0. The van der Waals surface area contributed by atoms with Crippen molar-refractivity contribution in [2.45, 2.75) is 6.54 Å². The second kappa shape index (κ2) is 8.71. The number of rotatable bonds is 7. The van der Waals surface area contributed by atoms with Crippen molar-refractivity contribution in [2.24, 2.45) is 7.05 Å². The van der Waals surface area contributed by atoms with E-state index in [1.54, 1.807) is 28.4 Å². The van der Waals surface area contributed by atoms with Crippen LogP contribution in [-0.4, -0.2) is 74.7 Å². The lowest BCUT2D eigenvalue weighted by Crippen LogP contribution is -2.50. The van der Waals surface area contributed by atoms with E-state index >= 15 is 0 Å². The van der Waals surface area contributed by atoms with E-state index < -0.39 is 0 Å². The molecule has 152 valence electrons. The van der Waals surface area contributed by atoms with Gasteiger partial charge in [-0.3, -0.25) is 14.4 Å². The maximum absolute atomic E-state index is 12.9. The average Bonchev–Trinajstić information content (AvgIpc) is 3.38. The predicted molar refractivity (Wildman–Crippen MR) is 115 cm³/mol. The molecule has 1 fully saturated rings. The van der Waals surface area contributed by atoms with Crippen LogP contribution in [0.15, 0.2) is 42.7 Å². The molecule has 1 amide bonds. The number of carbonyl (C=O) groups is 1. The Hall–Kier alpha value is -2.78. The monoisotopic (exact) mass is 411 g/mol. The van der Waals surface area contributed by atoms with Crippen molar-refractivity contribution >= 4 is 34.1 Å². The summed E-state index contributed by atoms with van der Waals surface area (Å²) in [5.74, 6) is 1.06. The predicted octanol–water partition coefficient (Wildman–Crippen LogP) is 1.76. The van der Waals surface area contributed by atoms with Crippen molar-refractivity contribution in [3.63, 3.8) is 0 Å². The summed E-state index contributed by atoms with van der Waals surface area (Å²) in [5, 5.41) is 7.30. The first kappa shape index (κ1) is 19.5. The van der Waals surface area contributed by atoms with E-state index in [9.17, 15) is 4.79 Å². The molecule has 0 aromatic carbocycles. The van der Waals surface area contributed by atoms with Gasteiger partial charge in [0.15, 0.2) is 5.65 Å². The Kier molecular flexibility index (Phi) is 5.86. The van der Waals surface area contributed by atoms with Crippen LogP contribution in [0.25, 0.3) is 11.0 Å². The van der Waals surface area contributed by atoms with Crippen molar-refractivity contribution in [1.29, 1.82) is 0 Å². The Bertz CT molecular complexity index is 976. The third kappa shape index (κ3) is 4.30. The lowest BCUT2D eigenvalue weighted by atomic mass is 10.2. The molecular weight excluding hydrogens is 386 g/mol. The van der Waals surface area contributed by atoms with Gasteiger partial charge in [0, 0.05) is 44.6 Å². The molecule has 1 aliphatic rings. The highest BCUT2D eigenvalue weighted by molar-refractivity contribution is 7.09. The fourth-order valence-corrected chi connectivity index (χ4v) is 4.33. The quantitative estimate of drug-likeness (QED) is 0.552. The second-order valence-electron chi connectivity index (χ2n) is 7.11. The number of anilines is 1. The van der Waals surface area contributed by atoms with Crippen LogP contribution in [0.5, 0.6) is 0 Å². The summed E-state index contributed by atoms with van der Waals surface area (Å²) in [5.41, 5.74) is 0.834. The van der Waals surface area contributed by atoms with Crippen molar-refractivity contribution in [3.8, 4) is 0 Å². The molecule has 1 saturated heterocycles. The van der Waals surface area contributed by atoms with E-state index in [1.807, 2.05) is 29.6 Å². The summed E-state index contributed by atoms with van der Waals surface area (Å²) in [6, 6.07) is 4.08. The van der Waals surface area contributed by atoms with Gasteiger partial charge in [0.1, 0.15) is 12.1 Å². The number of hydrogen-bond acceptors (Lipinski definition) is 7. The molecule has 0 N–H and O–H groups in total. The molecule has 0 spiro atoms. The minimum atomic E-state index is 0.142. The SMILES string of the molecule is C=CCN(Cc1cccs1)C(=O)CN1CCN(c2ncnc3c2cnn3C)CC1. The number of thiophene rings is 1. The largest absolute Gasteiger partial charge is 0.353 e. The van der Waals surface area contributed by atoms with Crippen LogP contribution in [0.4, 0.5) is 5.82 Å². The fraction of sp³-hybridized carbons (Fsp3) is 0.400. The van der Waals surface area contributed by atoms with E-state index in [-0.39, 0.29) is 5.91 Å². The molecule has 3 aromatic heterocycles. The van der Waals surface area contributed by atoms with Crippen LogP contribution in [0.3, 0.4) is 0 Å². The maximum Gasteiger partial charge on any atom is 0.237 e. The summed E-state index contributed by atoms with van der Waals surface area (Å²) >= 11 is 1.67. The van der Waals surface area contributed by atoms with Gasteiger partial charge in [-0.15, -0.1) is 17.9 Å². The van der Waals surface area contributed by atoms with Crippen molar-refractivity contribution < 1.29 is 4.79 Å². The first-order valence-electron chi connectivity index (χ1n) is 9.67. The molecule has 0 saturated carbocycles. The summed E-state index contributed by atoms with van der Waals surface area (Å²) < 4.78 is 1.76. The highest BCUT2D eigenvalue weighted by Crippen LogP contribution is 2.23. The average molecular weight is 412 g/mol. The standard InChI is InChI=1S/C20H25N7OS/c1-3-6-27(13-16-5-4-11-29-16)18(28)14-25-7-9-26(10-8-25)20-17-12-23-24(2)19(17)21-15-22-20/h3-5,11-12,15H,1,6-10,13-14H2,2H3. The number of aromatic nitrogens is 4. The van der Waals surface area contributed by atoms with Gasteiger partial charge in [-0.1, -0.05) is 12.1 Å². The number of fused-ring (bicyclic) bond motifs is 1. The molecule has 8 nitrogen and oxygen atoms in total. The molecule has 0 radical (unpaired) electrons. The van der Waals surface area contributed by atoms with Crippen molar-refractivity contribution in [1.82, 2.24) is 29.5 Å². The highest BCUT2D eigenvalue weighted by Gasteiger charge is 2.24. The number of amides is 1. The summed E-state index contributed by atoms with van der Waals surface area (Å²) in [6.07, 6.45) is 5.20. The molecule has 0 bridgehead atoms. The van der Waals surface area contributed by atoms with Crippen LogP contribution >= 0.6 is 11.3 Å². The van der Waals surface area contributed by atoms with Crippen molar-refractivity contribution in [3.05, 3.63) is 47.6 Å². The molecule has 4 heterocycles. The molecule has 0 aliphatic carbocycles. The third-order valence-corrected chi connectivity index (χ3v) is 6.03. The lowest BCUT2D eigenvalue weighted by molar-refractivity contribution is -0.132. The second-order valence-corrected chi connectivity index (χ2v) is 8.14. The smallest absolute Gasteiger partial charge is 0.237 e. The molecule has 0 unspecified atom stereocenters. The molecule has 0 atom stereocenters. The van der Waals surface area contributed by atoms with Crippen LogP contribution in [0.2, 0.25) is 0 Å². The Labute approximate surface area is 174 Å². The number of piperazine rings is 1. The van der Waals surface area contributed by atoms with Crippen LogP contribution in [0, 0.1) is 0 Å². The zero-order valence-electron chi connectivity index (χ0n) is 16.6. The van der Waals surface area contributed by atoms with E-state index in [0.717, 1.165) is 43.0 Å². The van der Waals surface area contributed by atoms with E-state index in [4.69, 9.17) is 0 Å². The molecule has 4 rings (SSSR count). The Morgan fingerprint density at radius 2 is 2.14 bits per heavy atom. The molecule has 3 aromatic rings. The van der Waals surface area contributed by atoms with Gasteiger partial charge in [-0.25, -0.2) is 9.97 Å². The third-order valence-electron chi connectivity index (χ3n) is 5.17. The maximum atomic E-state index is 12.9. The Morgan fingerprint density at radius 1 is 1.31 bits per heavy atom. The lowest BCUT2D eigenvalue weighted by Gasteiger charge is -2.36. The van der Waals surface area contributed by atoms with Gasteiger partial charge in [-0.2, -0.15) is 5.10 Å². The summed E-state index contributed by atoms with van der Waals surface area (Å²) in [4.78, 5) is 29.2. The van der Waals surface area contributed by atoms with Gasteiger partial charge in [-0.05, 0) is 11.4 Å². The minimum Gasteiger partial charge on any atom is -0.353 e. The van der Waals surface area contributed by atoms with E-state index in [1.165, 1.54) is 4.88 Å². The van der Waals surface area contributed by atoms with Crippen LogP contribution in [0.1, 0.15) is 4.88 Å².